The minimum absolute atomic E-state index is 0.144. The summed E-state index contributed by atoms with van der Waals surface area (Å²) in [5.74, 6) is -0.196. The number of nitrogens with zero attached hydrogens (tertiary/aromatic N) is 2. The van der Waals surface area contributed by atoms with Crippen molar-refractivity contribution in [2.45, 2.75) is 39.7 Å². The molecular weight excluding hydrogens is 294 g/mol. The van der Waals surface area contributed by atoms with Crippen LogP contribution in [-0.4, -0.2) is 21.1 Å². The van der Waals surface area contributed by atoms with Gasteiger partial charge in [-0.15, -0.1) is 0 Å². The molecule has 23 heavy (non-hydrogen) atoms. The van der Waals surface area contributed by atoms with E-state index in [-0.39, 0.29) is 24.4 Å². The maximum atomic E-state index is 12.0. The van der Waals surface area contributed by atoms with Crippen LogP contribution < -0.4 is 16.6 Å². The van der Waals surface area contributed by atoms with Crippen LogP contribution >= 0.6 is 0 Å². The van der Waals surface area contributed by atoms with Crippen molar-refractivity contribution in [3.63, 3.8) is 0 Å². The number of hydrogen-bond donors (Lipinski definition) is 3. The summed E-state index contributed by atoms with van der Waals surface area (Å²) in [6.07, 6.45) is 3.09. The van der Waals surface area contributed by atoms with Gasteiger partial charge in [0.15, 0.2) is 0 Å². The zero-order chi connectivity index (χ0) is 16.8. The molecule has 2 heterocycles. The number of aromatic amines is 1. The van der Waals surface area contributed by atoms with E-state index in [1.54, 1.807) is 12.1 Å². The van der Waals surface area contributed by atoms with Crippen LogP contribution in [0.25, 0.3) is 0 Å². The Balaban J connectivity index is 2.07. The van der Waals surface area contributed by atoms with Crippen molar-refractivity contribution in [3.8, 4) is 0 Å². The largest absolute Gasteiger partial charge is 0.397 e. The van der Waals surface area contributed by atoms with Gasteiger partial charge < -0.3 is 11.1 Å². The second kappa shape index (κ2) is 7.53. The Labute approximate surface area is 134 Å². The molecule has 122 valence electrons. The highest BCUT2D eigenvalue weighted by Gasteiger charge is 2.13. The standard InChI is InChI=1S/C16H21N5O2/c1-3-12-13(16(23)21-20-14(12)4-2)9-19-15(22)7-11-6-5-10(17)8-18-11/h5-6,8H,3-4,7,9,17H2,1-2H3,(H,19,22)(H,21,23). The van der Waals surface area contributed by atoms with Crippen LogP contribution in [0.2, 0.25) is 0 Å². The third-order valence-corrected chi connectivity index (χ3v) is 3.62. The molecule has 2 rings (SSSR count). The quantitative estimate of drug-likeness (QED) is 0.727. The highest BCUT2D eigenvalue weighted by Crippen LogP contribution is 2.10. The predicted octanol–water partition coefficient (Wildman–Crippen LogP) is 0.731. The van der Waals surface area contributed by atoms with E-state index in [9.17, 15) is 9.59 Å². The van der Waals surface area contributed by atoms with Crippen molar-refractivity contribution in [1.29, 1.82) is 0 Å². The van der Waals surface area contributed by atoms with E-state index in [0.717, 1.165) is 17.7 Å². The first-order valence-electron chi connectivity index (χ1n) is 7.61. The van der Waals surface area contributed by atoms with Gasteiger partial charge >= 0.3 is 0 Å². The minimum Gasteiger partial charge on any atom is -0.397 e. The van der Waals surface area contributed by atoms with Crippen LogP contribution in [0.5, 0.6) is 0 Å². The smallest absolute Gasteiger partial charge is 0.269 e. The Morgan fingerprint density at radius 3 is 2.65 bits per heavy atom. The zero-order valence-corrected chi connectivity index (χ0v) is 13.3. The van der Waals surface area contributed by atoms with Crippen molar-refractivity contribution in [2.24, 2.45) is 0 Å². The Bertz CT molecular complexity index is 737. The number of pyridine rings is 1. The molecule has 0 atom stereocenters. The molecule has 0 aromatic carbocycles. The fraction of sp³-hybridized carbons (Fsp3) is 0.375. The molecule has 0 aliphatic heterocycles. The maximum Gasteiger partial charge on any atom is 0.269 e. The molecule has 1 amide bonds. The number of amides is 1. The Hall–Kier alpha value is -2.70. The van der Waals surface area contributed by atoms with Crippen LogP contribution in [0.15, 0.2) is 23.1 Å². The third kappa shape index (κ3) is 4.15. The van der Waals surface area contributed by atoms with Gasteiger partial charge in [0.2, 0.25) is 5.91 Å². The van der Waals surface area contributed by atoms with Gasteiger partial charge in [0, 0.05) is 17.8 Å². The van der Waals surface area contributed by atoms with Gasteiger partial charge in [-0.3, -0.25) is 14.6 Å². The number of rotatable bonds is 6. The first kappa shape index (κ1) is 16.7. The summed E-state index contributed by atoms with van der Waals surface area (Å²) in [5.41, 5.74) is 8.81. The molecule has 0 spiro atoms. The number of anilines is 1. The molecule has 4 N–H and O–H groups in total. The number of H-pyrrole nitrogens is 1. The molecular formula is C16H21N5O2. The molecule has 0 unspecified atom stereocenters. The Morgan fingerprint density at radius 1 is 1.26 bits per heavy atom. The summed E-state index contributed by atoms with van der Waals surface area (Å²) in [6, 6.07) is 3.41. The summed E-state index contributed by atoms with van der Waals surface area (Å²) in [6.45, 7) is 4.13. The second-order valence-corrected chi connectivity index (χ2v) is 5.20. The Kier molecular flexibility index (Phi) is 5.46. The van der Waals surface area contributed by atoms with Crippen LogP contribution in [0.1, 0.15) is 36.4 Å². The normalized spacial score (nSPS) is 10.5. The van der Waals surface area contributed by atoms with Gasteiger partial charge in [0.1, 0.15) is 0 Å². The second-order valence-electron chi connectivity index (χ2n) is 5.20. The van der Waals surface area contributed by atoms with Crippen LogP contribution in [0, 0.1) is 0 Å². The van der Waals surface area contributed by atoms with E-state index >= 15 is 0 Å². The van der Waals surface area contributed by atoms with E-state index in [1.165, 1.54) is 6.20 Å². The number of aromatic nitrogens is 3. The molecule has 0 aliphatic carbocycles. The number of hydrogen-bond acceptors (Lipinski definition) is 5. The van der Waals surface area contributed by atoms with Crippen molar-refractivity contribution < 1.29 is 4.79 Å². The van der Waals surface area contributed by atoms with Gasteiger partial charge in [0.05, 0.1) is 24.0 Å². The van der Waals surface area contributed by atoms with Gasteiger partial charge in [-0.2, -0.15) is 5.10 Å². The van der Waals surface area contributed by atoms with Gasteiger partial charge in [0.25, 0.3) is 5.56 Å². The lowest BCUT2D eigenvalue weighted by atomic mass is 10.0. The lowest BCUT2D eigenvalue weighted by Crippen LogP contribution is -2.30. The number of nitrogens with two attached hydrogens (primary N) is 1. The van der Waals surface area contributed by atoms with Gasteiger partial charge in [-0.1, -0.05) is 13.8 Å². The molecule has 0 fully saturated rings. The molecule has 0 radical (unpaired) electrons. The number of aryl methyl sites for hydroxylation is 1. The molecule has 0 bridgehead atoms. The fourth-order valence-electron chi connectivity index (χ4n) is 2.42. The molecule has 2 aromatic rings. The highest BCUT2D eigenvalue weighted by atomic mass is 16.1. The monoisotopic (exact) mass is 315 g/mol. The average molecular weight is 315 g/mol. The van der Waals surface area contributed by atoms with E-state index in [2.05, 4.69) is 20.5 Å². The SMILES string of the molecule is CCc1n[nH]c(=O)c(CNC(=O)Cc2ccc(N)cn2)c1CC. The summed E-state index contributed by atoms with van der Waals surface area (Å²) in [7, 11) is 0. The number of carbonyl (C=O) groups is 1. The van der Waals surface area contributed by atoms with E-state index in [0.29, 0.717) is 23.4 Å². The molecule has 0 saturated carbocycles. The Morgan fingerprint density at radius 2 is 2.04 bits per heavy atom. The first-order valence-corrected chi connectivity index (χ1v) is 7.61. The van der Waals surface area contributed by atoms with Gasteiger partial charge in [-0.25, -0.2) is 5.10 Å². The van der Waals surface area contributed by atoms with E-state index in [1.807, 2.05) is 13.8 Å². The van der Waals surface area contributed by atoms with Crippen molar-refractivity contribution in [1.82, 2.24) is 20.5 Å². The topological polar surface area (TPSA) is 114 Å². The van der Waals surface area contributed by atoms with Crippen molar-refractivity contribution >= 4 is 11.6 Å². The molecule has 0 aliphatic rings. The van der Waals surface area contributed by atoms with Crippen LogP contribution in [-0.2, 0) is 30.6 Å². The lowest BCUT2D eigenvalue weighted by Gasteiger charge is -2.11. The summed E-state index contributed by atoms with van der Waals surface area (Å²) in [4.78, 5) is 28.1. The molecule has 7 heteroatoms. The summed E-state index contributed by atoms with van der Waals surface area (Å²) < 4.78 is 0. The lowest BCUT2D eigenvalue weighted by molar-refractivity contribution is -0.120. The summed E-state index contributed by atoms with van der Waals surface area (Å²) >= 11 is 0. The highest BCUT2D eigenvalue weighted by molar-refractivity contribution is 5.78. The van der Waals surface area contributed by atoms with Crippen LogP contribution in [0.3, 0.4) is 0 Å². The van der Waals surface area contributed by atoms with Gasteiger partial charge in [-0.05, 0) is 30.5 Å². The predicted molar refractivity (Wildman–Crippen MR) is 87.8 cm³/mol. The number of carbonyl (C=O) groups excluding carboxylic acids is 1. The van der Waals surface area contributed by atoms with E-state index in [4.69, 9.17) is 5.73 Å². The van der Waals surface area contributed by atoms with E-state index < -0.39 is 0 Å². The number of nitrogen functional groups attached to an aromatic ring is 1. The minimum atomic E-state index is -0.259. The molecule has 7 nitrogen and oxygen atoms in total. The first-order chi connectivity index (χ1) is 11.0. The van der Waals surface area contributed by atoms with Crippen molar-refractivity contribution in [2.75, 3.05) is 5.73 Å². The van der Waals surface area contributed by atoms with Crippen LogP contribution in [0.4, 0.5) is 5.69 Å². The fourth-order valence-corrected chi connectivity index (χ4v) is 2.42. The molecule has 2 aromatic heterocycles. The number of nitrogens with one attached hydrogen (secondary N) is 2. The maximum absolute atomic E-state index is 12.0. The summed E-state index contributed by atoms with van der Waals surface area (Å²) in [5, 5.41) is 9.32. The molecule has 0 saturated heterocycles. The third-order valence-electron chi connectivity index (χ3n) is 3.62. The zero-order valence-electron chi connectivity index (χ0n) is 13.3. The van der Waals surface area contributed by atoms with Crippen molar-refractivity contribution in [3.05, 3.63) is 51.2 Å². The average Bonchev–Trinajstić information content (AvgIpc) is 2.55.